The number of anilines is 1. The Morgan fingerprint density at radius 2 is 1.79 bits per heavy atom. The number of benzene rings is 2. The molecule has 2 aliphatic heterocycles. The van der Waals surface area contributed by atoms with Gasteiger partial charge in [-0.1, -0.05) is 17.7 Å². The molecule has 2 N–H and O–H groups in total. The highest BCUT2D eigenvalue weighted by Crippen LogP contribution is 2.23. The summed E-state index contributed by atoms with van der Waals surface area (Å²) in [7, 11) is -2.96. The van der Waals surface area contributed by atoms with Crippen LogP contribution in [0, 0.1) is 5.82 Å². The molecule has 2 aliphatic rings. The summed E-state index contributed by atoms with van der Waals surface area (Å²) in [5.74, 6) is -0.638. The number of fused-ring (bicyclic) bond motifs is 1. The summed E-state index contributed by atoms with van der Waals surface area (Å²) in [5.41, 5.74) is 4.79. The van der Waals surface area contributed by atoms with Gasteiger partial charge in [0.1, 0.15) is 5.82 Å². The van der Waals surface area contributed by atoms with Gasteiger partial charge in [-0.25, -0.2) is 12.8 Å². The lowest BCUT2D eigenvalue weighted by molar-refractivity contribution is 0.102. The van der Waals surface area contributed by atoms with Gasteiger partial charge >= 0.3 is 0 Å². The van der Waals surface area contributed by atoms with Crippen molar-refractivity contribution in [2.45, 2.75) is 25.9 Å². The van der Waals surface area contributed by atoms with E-state index in [9.17, 15) is 17.6 Å². The van der Waals surface area contributed by atoms with E-state index in [0.29, 0.717) is 24.1 Å². The average molecular weight is 400 g/mol. The largest absolute Gasteiger partial charge is 0.322 e. The monoisotopic (exact) mass is 400 g/mol. The predicted octanol–water partition coefficient (Wildman–Crippen LogP) is 3.27. The topological polar surface area (TPSA) is 75.3 Å². The smallest absolute Gasteiger partial charge is 0.255 e. The number of halogens is 1. The second kappa shape index (κ2) is 7.48. The van der Waals surface area contributed by atoms with Crippen LogP contribution in [0.15, 0.2) is 42.0 Å². The number of amides is 1. The van der Waals surface area contributed by atoms with Crippen LogP contribution in [0.1, 0.15) is 39.9 Å². The lowest BCUT2D eigenvalue weighted by Crippen LogP contribution is -2.17. The van der Waals surface area contributed by atoms with Crippen LogP contribution >= 0.6 is 0 Å². The molecule has 2 aromatic carbocycles. The molecule has 0 unspecified atom stereocenters. The molecule has 28 heavy (non-hydrogen) atoms. The van der Waals surface area contributed by atoms with Gasteiger partial charge < -0.3 is 10.6 Å². The number of carbonyl (C=O) groups excluding carboxylic acids is 1. The maximum atomic E-state index is 14.1. The summed E-state index contributed by atoms with van der Waals surface area (Å²) in [5, 5.41) is 6.08. The lowest BCUT2D eigenvalue weighted by Gasteiger charge is -2.15. The van der Waals surface area contributed by atoms with Gasteiger partial charge in [-0.05, 0) is 59.9 Å². The fraction of sp³-hybridized carbons (Fsp3) is 0.286. The van der Waals surface area contributed by atoms with E-state index in [4.69, 9.17) is 0 Å². The van der Waals surface area contributed by atoms with Gasteiger partial charge in [-0.3, -0.25) is 4.79 Å². The molecule has 0 atom stereocenters. The third-order valence-corrected chi connectivity index (χ3v) is 6.77. The maximum absolute atomic E-state index is 14.1. The van der Waals surface area contributed by atoms with E-state index >= 15 is 0 Å². The zero-order valence-corrected chi connectivity index (χ0v) is 16.1. The summed E-state index contributed by atoms with van der Waals surface area (Å²) in [6.07, 6.45) is 2.68. The number of sulfone groups is 1. The molecule has 2 heterocycles. The van der Waals surface area contributed by atoms with Crippen molar-refractivity contribution in [1.29, 1.82) is 0 Å². The predicted molar refractivity (Wildman–Crippen MR) is 107 cm³/mol. The van der Waals surface area contributed by atoms with Crippen molar-refractivity contribution in [2.75, 3.05) is 16.8 Å². The second-order valence-corrected chi connectivity index (χ2v) is 9.57. The molecule has 0 saturated carbocycles. The standard InChI is InChI=1S/C21H21FN2O3S/c22-19-9-15(7-14-3-5-28(26,27)6-4-14)8-17(10-19)21(25)24-20-2-1-16-12-23-13-18(16)11-20/h1-2,7-11,23H,3-6,12-13H2,(H,24,25). The number of hydrogen-bond acceptors (Lipinski definition) is 4. The molecule has 0 bridgehead atoms. The minimum Gasteiger partial charge on any atom is -0.322 e. The first-order valence-electron chi connectivity index (χ1n) is 9.22. The van der Waals surface area contributed by atoms with E-state index in [0.717, 1.165) is 24.2 Å². The molecule has 0 radical (unpaired) electrons. The van der Waals surface area contributed by atoms with Crippen molar-refractivity contribution in [2.24, 2.45) is 0 Å². The Bertz CT molecular complexity index is 1060. The van der Waals surface area contributed by atoms with Gasteiger partial charge in [0.15, 0.2) is 9.84 Å². The van der Waals surface area contributed by atoms with E-state index in [2.05, 4.69) is 10.6 Å². The fourth-order valence-corrected chi connectivity index (χ4v) is 4.93. The first kappa shape index (κ1) is 18.8. The van der Waals surface area contributed by atoms with Crippen molar-refractivity contribution in [3.05, 3.63) is 70.0 Å². The first-order valence-corrected chi connectivity index (χ1v) is 11.0. The van der Waals surface area contributed by atoms with Crippen molar-refractivity contribution in [1.82, 2.24) is 5.32 Å². The molecule has 1 fully saturated rings. The Labute approximate surface area is 163 Å². The molecule has 2 aromatic rings. The van der Waals surface area contributed by atoms with Gasteiger partial charge in [0.2, 0.25) is 0 Å². The highest BCUT2D eigenvalue weighted by Gasteiger charge is 2.19. The van der Waals surface area contributed by atoms with Crippen molar-refractivity contribution in [3.63, 3.8) is 0 Å². The van der Waals surface area contributed by atoms with E-state index in [1.54, 1.807) is 12.1 Å². The Morgan fingerprint density at radius 1 is 1.04 bits per heavy atom. The molecule has 0 aliphatic carbocycles. The van der Waals surface area contributed by atoms with Crippen LogP contribution < -0.4 is 10.6 Å². The Balaban J connectivity index is 1.52. The average Bonchev–Trinajstić information content (AvgIpc) is 3.11. The van der Waals surface area contributed by atoms with Crippen LogP contribution in [-0.2, 0) is 22.9 Å². The zero-order valence-electron chi connectivity index (χ0n) is 15.3. The Hall–Kier alpha value is -2.51. The maximum Gasteiger partial charge on any atom is 0.255 e. The van der Waals surface area contributed by atoms with Gasteiger partial charge in [0, 0.05) is 24.3 Å². The number of allylic oxidation sites excluding steroid dienone is 1. The van der Waals surface area contributed by atoms with E-state index < -0.39 is 15.7 Å². The quantitative estimate of drug-likeness (QED) is 0.829. The molecule has 4 rings (SSSR count). The molecule has 1 amide bonds. The SMILES string of the molecule is O=C(Nc1ccc2c(c1)CNC2)c1cc(F)cc(C=C2CCS(=O)(=O)CC2)c1. The highest BCUT2D eigenvalue weighted by atomic mass is 32.2. The van der Waals surface area contributed by atoms with Gasteiger partial charge in [-0.15, -0.1) is 0 Å². The van der Waals surface area contributed by atoms with E-state index in [1.165, 1.54) is 17.7 Å². The minimum absolute atomic E-state index is 0.120. The normalized spacial score (nSPS) is 17.8. The van der Waals surface area contributed by atoms with Crippen LogP contribution in [0.4, 0.5) is 10.1 Å². The Morgan fingerprint density at radius 3 is 2.57 bits per heavy atom. The highest BCUT2D eigenvalue weighted by molar-refractivity contribution is 7.91. The minimum atomic E-state index is -2.96. The van der Waals surface area contributed by atoms with Crippen molar-refractivity contribution >= 4 is 27.5 Å². The number of hydrogen-bond donors (Lipinski definition) is 2. The molecular formula is C21H21FN2O3S. The van der Waals surface area contributed by atoms with Gasteiger partial charge in [0.25, 0.3) is 5.91 Å². The molecule has 5 nitrogen and oxygen atoms in total. The summed E-state index contributed by atoms with van der Waals surface area (Å²) < 4.78 is 37.2. The summed E-state index contributed by atoms with van der Waals surface area (Å²) in [4.78, 5) is 12.6. The molecule has 146 valence electrons. The summed E-state index contributed by atoms with van der Waals surface area (Å²) >= 11 is 0. The fourth-order valence-electron chi connectivity index (χ4n) is 3.58. The van der Waals surface area contributed by atoms with Crippen molar-refractivity contribution < 1.29 is 17.6 Å². The molecular weight excluding hydrogens is 379 g/mol. The van der Waals surface area contributed by atoms with Crippen LogP contribution in [-0.4, -0.2) is 25.8 Å². The van der Waals surface area contributed by atoms with E-state index in [1.807, 2.05) is 18.2 Å². The molecule has 0 spiro atoms. The molecule has 0 aromatic heterocycles. The van der Waals surface area contributed by atoms with Gasteiger partial charge in [0.05, 0.1) is 11.5 Å². The summed E-state index contributed by atoms with van der Waals surface area (Å²) in [6.45, 7) is 1.60. The number of nitrogens with one attached hydrogen (secondary N) is 2. The third kappa shape index (κ3) is 4.31. The number of rotatable bonds is 3. The van der Waals surface area contributed by atoms with Crippen LogP contribution in [0.2, 0.25) is 0 Å². The van der Waals surface area contributed by atoms with E-state index in [-0.39, 0.29) is 23.0 Å². The van der Waals surface area contributed by atoms with Gasteiger partial charge in [-0.2, -0.15) is 0 Å². The summed E-state index contributed by atoms with van der Waals surface area (Å²) in [6, 6.07) is 9.94. The molecule has 1 saturated heterocycles. The lowest BCUT2D eigenvalue weighted by atomic mass is 10.0. The van der Waals surface area contributed by atoms with Crippen LogP contribution in [0.25, 0.3) is 6.08 Å². The number of carbonyl (C=O) groups is 1. The zero-order chi connectivity index (χ0) is 19.7. The van der Waals surface area contributed by atoms with Crippen LogP contribution in [0.3, 0.4) is 0 Å². The van der Waals surface area contributed by atoms with Crippen LogP contribution in [0.5, 0.6) is 0 Å². The van der Waals surface area contributed by atoms with Crippen molar-refractivity contribution in [3.8, 4) is 0 Å². The molecule has 7 heteroatoms. The first-order chi connectivity index (χ1) is 13.4. The Kier molecular flexibility index (Phi) is 5.03. The third-order valence-electron chi connectivity index (χ3n) is 5.12. The second-order valence-electron chi connectivity index (χ2n) is 7.27.